The number of Topliss-reactive ketones (excluding diaryl/α,β-unsaturated/α-hetero) is 1. The number of nitro benzene ring substituents is 1. The highest BCUT2D eigenvalue weighted by Crippen LogP contribution is 2.36. The van der Waals surface area contributed by atoms with Gasteiger partial charge in [0.2, 0.25) is 0 Å². The number of rotatable bonds is 6. The zero-order valence-corrected chi connectivity index (χ0v) is 17.5. The van der Waals surface area contributed by atoms with Gasteiger partial charge in [-0.2, -0.15) is 5.26 Å². The smallest absolute Gasteiger partial charge is 0.273 e. The first-order valence-corrected chi connectivity index (χ1v) is 10.3. The van der Waals surface area contributed by atoms with Crippen molar-refractivity contribution < 1.29 is 9.72 Å². The van der Waals surface area contributed by atoms with E-state index < -0.39 is 10.8 Å². The van der Waals surface area contributed by atoms with Crippen LogP contribution in [0.25, 0.3) is 0 Å². The molecule has 144 valence electrons. The molecule has 9 heteroatoms. The lowest BCUT2D eigenvalue weighted by atomic mass is 9.86. The van der Waals surface area contributed by atoms with Crippen molar-refractivity contribution in [3.63, 3.8) is 0 Å². The fourth-order valence-corrected chi connectivity index (χ4v) is 3.59. The summed E-state index contributed by atoms with van der Waals surface area (Å²) in [6.45, 7) is 0. The molecule has 1 atom stereocenters. The first-order valence-electron chi connectivity index (χ1n) is 8.29. The Labute approximate surface area is 179 Å². The number of carbonyl (C=O) groups excluding carboxylic acids is 1. The number of halogens is 1. The van der Waals surface area contributed by atoms with Crippen LogP contribution >= 0.6 is 27.7 Å². The highest BCUT2D eigenvalue weighted by atomic mass is 79.9. The predicted octanol–water partition coefficient (Wildman–Crippen LogP) is 4.76. The van der Waals surface area contributed by atoms with Gasteiger partial charge in [-0.3, -0.25) is 14.9 Å². The average Bonchev–Trinajstić information content (AvgIpc) is 2.74. The van der Waals surface area contributed by atoms with Crippen LogP contribution in [-0.2, 0) is 0 Å². The summed E-state index contributed by atoms with van der Waals surface area (Å²) in [5, 5.41) is 21.1. The van der Waals surface area contributed by atoms with Gasteiger partial charge in [-0.1, -0.05) is 39.8 Å². The third kappa shape index (κ3) is 4.50. The lowest BCUT2D eigenvalue weighted by molar-refractivity contribution is -0.385. The Morgan fingerprint density at radius 3 is 2.59 bits per heavy atom. The molecule has 0 amide bonds. The number of ketones is 1. The van der Waals surface area contributed by atoms with Crippen molar-refractivity contribution in [2.24, 2.45) is 0 Å². The Hall–Kier alpha value is -3.09. The molecule has 1 unspecified atom stereocenters. The zero-order valence-electron chi connectivity index (χ0n) is 15.1. The van der Waals surface area contributed by atoms with Crippen molar-refractivity contribution in [3.8, 4) is 6.07 Å². The molecule has 0 saturated heterocycles. The van der Waals surface area contributed by atoms with E-state index in [9.17, 15) is 14.9 Å². The van der Waals surface area contributed by atoms with E-state index in [0.29, 0.717) is 26.4 Å². The number of nitriles is 1. The highest BCUT2D eigenvalue weighted by Gasteiger charge is 2.32. The van der Waals surface area contributed by atoms with Crippen molar-refractivity contribution >= 4 is 39.2 Å². The number of thioether (sulfide) groups is 1. The molecular weight excluding hydrogens is 456 g/mol. The van der Waals surface area contributed by atoms with E-state index in [1.807, 2.05) is 6.07 Å². The summed E-state index contributed by atoms with van der Waals surface area (Å²) >= 11 is 4.64. The predicted molar refractivity (Wildman–Crippen MR) is 112 cm³/mol. The van der Waals surface area contributed by atoms with Gasteiger partial charge in [0.25, 0.3) is 5.69 Å². The number of benzene rings is 2. The quantitative estimate of drug-likeness (QED) is 0.168. The molecule has 3 aromatic rings. The molecule has 0 aliphatic heterocycles. The molecule has 1 aromatic heterocycles. The topological polar surface area (TPSA) is 110 Å². The first-order chi connectivity index (χ1) is 13.9. The third-order valence-corrected chi connectivity index (χ3v) is 5.25. The van der Waals surface area contributed by atoms with Crippen LogP contribution in [0.1, 0.15) is 33.1 Å². The number of hydrogen-bond donors (Lipinski definition) is 0. The summed E-state index contributed by atoms with van der Waals surface area (Å²) in [5.74, 6) is -1.36. The lowest BCUT2D eigenvalue weighted by Gasteiger charge is -2.17. The van der Waals surface area contributed by atoms with Crippen LogP contribution in [0.3, 0.4) is 0 Å². The summed E-state index contributed by atoms with van der Waals surface area (Å²) in [5.41, 5.74) is 1.15. The summed E-state index contributed by atoms with van der Waals surface area (Å²) in [7, 11) is 0. The highest BCUT2D eigenvalue weighted by molar-refractivity contribution is 9.10. The van der Waals surface area contributed by atoms with Gasteiger partial charge in [0.15, 0.2) is 10.9 Å². The number of nitro groups is 1. The summed E-state index contributed by atoms with van der Waals surface area (Å²) in [6.07, 6.45) is 3.33. The van der Waals surface area contributed by atoms with Crippen LogP contribution in [0.2, 0.25) is 0 Å². The van der Waals surface area contributed by atoms with Crippen molar-refractivity contribution in [1.29, 1.82) is 5.26 Å². The van der Waals surface area contributed by atoms with E-state index in [-0.39, 0.29) is 17.0 Å². The Morgan fingerprint density at radius 1 is 1.24 bits per heavy atom. The SMILES string of the molecule is CSc1nccc(C(C(=O)c2ccc(C#N)cc2)c2cc(Br)ccc2[N+](=O)[O-])n1. The molecule has 0 saturated carbocycles. The van der Waals surface area contributed by atoms with E-state index in [0.717, 1.165) is 0 Å². The van der Waals surface area contributed by atoms with Crippen LogP contribution in [0, 0.1) is 21.4 Å². The standard InChI is InChI=1S/C20H13BrN4O3S/c1-29-20-23-9-8-16(24-20)18(15-10-14(21)6-7-17(15)25(27)28)19(26)13-4-2-12(11-22)3-5-13/h2-10,18H,1H3. The second kappa shape index (κ2) is 8.94. The fraction of sp³-hybridized carbons (Fsp3) is 0.100. The van der Waals surface area contributed by atoms with Gasteiger partial charge in [0, 0.05) is 27.9 Å². The summed E-state index contributed by atoms with van der Waals surface area (Å²) in [6, 6.07) is 14.2. The van der Waals surface area contributed by atoms with Crippen molar-refractivity contribution in [3.05, 3.63) is 91.7 Å². The average molecular weight is 469 g/mol. The number of carbonyl (C=O) groups is 1. The molecule has 29 heavy (non-hydrogen) atoms. The van der Waals surface area contributed by atoms with Crippen molar-refractivity contribution in [2.75, 3.05) is 6.26 Å². The second-order valence-electron chi connectivity index (χ2n) is 5.91. The number of nitrogens with zero attached hydrogens (tertiary/aromatic N) is 4. The normalized spacial score (nSPS) is 11.5. The Kier molecular flexibility index (Phi) is 6.36. The molecule has 0 bridgehead atoms. The van der Waals surface area contributed by atoms with Crippen LogP contribution in [0.5, 0.6) is 0 Å². The molecule has 0 spiro atoms. The Morgan fingerprint density at radius 2 is 1.97 bits per heavy atom. The molecular formula is C20H13BrN4O3S. The summed E-state index contributed by atoms with van der Waals surface area (Å²) in [4.78, 5) is 33.1. The minimum atomic E-state index is -1.00. The molecule has 0 N–H and O–H groups in total. The van der Waals surface area contributed by atoms with Crippen LogP contribution in [-0.4, -0.2) is 26.9 Å². The van der Waals surface area contributed by atoms with E-state index in [4.69, 9.17) is 5.26 Å². The van der Waals surface area contributed by atoms with Gasteiger partial charge >= 0.3 is 0 Å². The van der Waals surface area contributed by atoms with Gasteiger partial charge in [-0.15, -0.1) is 0 Å². The van der Waals surface area contributed by atoms with E-state index in [1.165, 1.54) is 48.3 Å². The molecule has 3 rings (SSSR count). The largest absolute Gasteiger partial charge is 0.293 e. The van der Waals surface area contributed by atoms with Gasteiger partial charge in [0.05, 0.1) is 28.2 Å². The van der Waals surface area contributed by atoms with Crippen molar-refractivity contribution in [1.82, 2.24) is 9.97 Å². The Balaban J connectivity index is 2.22. The minimum Gasteiger partial charge on any atom is -0.293 e. The maximum absolute atomic E-state index is 13.4. The second-order valence-corrected chi connectivity index (χ2v) is 7.60. The molecule has 0 fully saturated rings. The molecule has 1 heterocycles. The van der Waals surface area contributed by atoms with E-state index in [1.54, 1.807) is 24.5 Å². The molecule has 7 nitrogen and oxygen atoms in total. The number of hydrogen-bond acceptors (Lipinski definition) is 7. The molecule has 0 aliphatic rings. The monoisotopic (exact) mass is 468 g/mol. The third-order valence-electron chi connectivity index (χ3n) is 4.19. The fourth-order valence-electron chi connectivity index (χ4n) is 2.85. The first kappa shape index (κ1) is 20.6. The summed E-state index contributed by atoms with van der Waals surface area (Å²) < 4.78 is 0.606. The molecule has 2 aromatic carbocycles. The maximum atomic E-state index is 13.4. The van der Waals surface area contributed by atoms with Gasteiger partial charge in [-0.05, 0) is 36.6 Å². The zero-order chi connectivity index (χ0) is 21.0. The maximum Gasteiger partial charge on any atom is 0.273 e. The lowest BCUT2D eigenvalue weighted by Crippen LogP contribution is -2.18. The van der Waals surface area contributed by atoms with Gasteiger partial charge in [0.1, 0.15) is 0 Å². The van der Waals surface area contributed by atoms with Gasteiger partial charge in [-0.25, -0.2) is 9.97 Å². The van der Waals surface area contributed by atoms with Crippen LogP contribution in [0.15, 0.2) is 64.4 Å². The number of aromatic nitrogens is 2. The van der Waals surface area contributed by atoms with Crippen LogP contribution in [0.4, 0.5) is 5.69 Å². The minimum absolute atomic E-state index is 0.176. The van der Waals surface area contributed by atoms with Crippen LogP contribution < -0.4 is 0 Å². The van der Waals surface area contributed by atoms with Gasteiger partial charge < -0.3 is 0 Å². The van der Waals surface area contributed by atoms with E-state index >= 15 is 0 Å². The molecule has 0 radical (unpaired) electrons. The molecule has 0 aliphatic carbocycles. The van der Waals surface area contributed by atoms with Crippen molar-refractivity contribution in [2.45, 2.75) is 11.1 Å². The Bertz CT molecular complexity index is 1130. The van der Waals surface area contributed by atoms with E-state index in [2.05, 4.69) is 25.9 Å².